The standard InChI is InChI=1S/C25H28N4O2/c1-16-11-17(2)13-20(12-16)25(31)29-10-6-8-19(15-29)24(30)26-23-14-22(27-28-23)21-9-5-4-7-18(21)3/h4-5,7,9,11-14,19H,6,8,10,15H2,1-3H3,(H2,26,27,28,30). The lowest BCUT2D eigenvalue weighted by Crippen LogP contribution is -2.43. The van der Waals surface area contributed by atoms with E-state index in [0.717, 1.165) is 40.8 Å². The number of H-pyrrole nitrogens is 1. The maximum absolute atomic E-state index is 13.0. The number of likely N-dealkylation sites (tertiary alicyclic amines) is 1. The van der Waals surface area contributed by atoms with Gasteiger partial charge in [-0.1, -0.05) is 41.5 Å². The summed E-state index contributed by atoms with van der Waals surface area (Å²) in [5.41, 5.74) is 5.88. The molecule has 0 spiro atoms. The van der Waals surface area contributed by atoms with Gasteiger partial charge < -0.3 is 10.2 Å². The second-order valence-electron chi connectivity index (χ2n) is 8.44. The van der Waals surface area contributed by atoms with Gasteiger partial charge in [-0.2, -0.15) is 5.10 Å². The maximum atomic E-state index is 13.0. The number of nitrogens with one attached hydrogen (secondary N) is 2. The first kappa shape index (κ1) is 20.8. The second-order valence-corrected chi connectivity index (χ2v) is 8.44. The number of anilines is 1. The highest BCUT2D eigenvalue weighted by Crippen LogP contribution is 2.25. The van der Waals surface area contributed by atoms with E-state index in [-0.39, 0.29) is 17.7 Å². The molecule has 2 aromatic carbocycles. The molecule has 1 aliphatic rings. The van der Waals surface area contributed by atoms with Crippen LogP contribution in [0.2, 0.25) is 0 Å². The number of rotatable bonds is 4. The van der Waals surface area contributed by atoms with Crippen LogP contribution in [-0.4, -0.2) is 40.0 Å². The Kier molecular flexibility index (Phi) is 5.89. The smallest absolute Gasteiger partial charge is 0.253 e. The summed E-state index contributed by atoms with van der Waals surface area (Å²) in [6.07, 6.45) is 1.57. The number of aromatic amines is 1. The quantitative estimate of drug-likeness (QED) is 0.658. The first-order chi connectivity index (χ1) is 14.9. The number of piperidine rings is 1. The molecule has 1 saturated heterocycles. The monoisotopic (exact) mass is 416 g/mol. The van der Waals surface area contributed by atoms with Gasteiger partial charge in [0, 0.05) is 30.3 Å². The van der Waals surface area contributed by atoms with E-state index in [2.05, 4.69) is 21.6 Å². The van der Waals surface area contributed by atoms with Crippen molar-refractivity contribution >= 4 is 17.6 Å². The lowest BCUT2D eigenvalue weighted by Gasteiger charge is -2.32. The Balaban J connectivity index is 1.42. The summed E-state index contributed by atoms with van der Waals surface area (Å²) in [6, 6.07) is 15.8. The van der Waals surface area contributed by atoms with E-state index in [1.807, 2.05) is 63.2 Å². The van der Waals surface area contributed by atoms with Gasteiger partial charge >= 0.3 is 0 Å². The van der Waals surface area contributed by atoms with E-state index < -0.39 is 0 Å². The van der Waals surface area contributed by atoms with Gasteiger partial charge in [-0.25, -0.2) is 0 Å². The predicted octanol–water partition coefficient (Wildman–Crippen LogP) is 4.49. The van der Waals surface area contributed by atoms with Gasteiger partial charge in [0.15, 0.2) is 5.82 Å². The largest absolute Gasteiger partial charge is 0.338 e. The van der Waals surface area contributed by atoms with E-state index >= 15 is 0 Å². The van der Waals surface area contributed by atoms with Crippen LogP contribution in [0.1, 0.15) is 39.9 Å². The van der Waals surface area contributed by atoms with Crippen molar-refractivity contribution in [3.63, 3.8) is 0 Å². The zero-order valence-corrected chi connectivity index (χ0v) is 18.2. The van der Waals surface area contributed by atoms with Crippen LogP contribution < -0.4 is 5.32 Å². The molecule has 0 aliphatic carbocycles. The van der Waals surface area contributed by atoms with Crippen molar-refractivity contribution in [3.8, 4) is 11.3 Å². The Bertz CT molecular complexity index is 1100. The highest BCUT2D eigenvalue weighted by molar-refractivity contribution is 5.96. The van der Waals surface area contributed by atoms with Crippen molar-refractivity contribution in [3.05, 3.63) is 70.8 Å². The first-order valence-electron chi connectivity index (χ1n) is 10.7. The Morgan fingerprint density at radius 3 is 2.55 bits per heavy atom. The molecule has 6 heteroatoms. The minimum Gasteiger partial charge on any atom is -0.338 e. The molecular weight excluding hydrogens is 388 g/mol. The SMILES string of the molecule is Cc1cc(C)cc(C(=O)N2CCCC(C(=O)Nc3cc(-c4ccccc4C)[nH]n3)C2)c1. The molecule has 1 atom stereocenters. The Morgan fingerprint density at radius 2 is 1.81 bits per heavy atom. The van der Waals surface area contributed by atoms with Gasteiger partial charge in [0.25, 0.3) is 5.91 Å². The lowest BCUT2D eigenvalue weighted by molar-refractivity contribution is -0.121. The van der Waals surface area contributed by atoms with E-state index in [4.69, 9.17) is 0 Å². The van der Waals surface area contributed by atoms with Crippen LogP contribution in [0.5, 0.6) is 0 Å². The highest BCUT2D eigenvalue weighted by Gasteiger charge is 2.29. The lowest BCUT2D eigenvalue weighted by atomic mass is 9.96. The van der Waals surface area contributed by atoms with E-state index in [1.165, 1.54) is 0 Å². The molecule has 1 fully saturated rings. The summed E-state index contributed by atoms with van der Waals surface area (Å²) in [6.45, 7) is 7.12. The Labute approximate surface area is 182 Å². The molecule has 1 unspecified atom stereocenters. The third kappa shape index (κ3) is 4.68. The Hall–Kier alpha value is -3.41. The number of benzene rings is 2. The minimum atomic E-state index is -0.248. The van der Waals surface area contributed by atoms with Crippen LogP contribution in [0.25, 0.3) is 11.3 Å². The number of amides is 2. The van der Waals surface area contributed by atoms with Gasteiger partial charge in [-0.15, -0.1) is 0 Å². The molecule has 160 valence electrons. The molecule has 2 amide bonds. The first-order valence-corrected chi connectivity index (χ1v) is 10.7. The van der Waals surface area contributed by atoms with Crippen molar-refractivity contribution in [1.29, 1.82) is 0 Å². The molecule has 3 aromatic rings. The molecule has 0 bridgehead atoms. The molecule has 4 rings (SSSR count). The molecule has 2 heterocycles. The van der Waals surface area contributed by atoms with E-state index in [1.54, 1.807) is 4.90 Å². The van der Waals surface area contributed by atoms with Gasteiger partial charge in [0.1, 0.15) is 0 Å². The zero-order valence-electron chi connectivity index (χ0n) is 18.2. The molecule has 0 saturated carbocycles. The average molecular weight is 417 g/mol. The molecule has 6 nitrogen and oxygen atoms in total. The van der Waals surface area contributed by atoms with Crippen molar-refractivity contribution in [2.24, 2.45) is 5.92 Å². The van der Waals surface area contributed by atoms with Crippen molar-refractivity contribution in [2.45, 2.75) is 33.6 Å². The number of carbonyl (C=O) groups excluding carboxylic acids is 2. The Morgan fingerprint density at radius 1 is 1.06 bits per heavy atom. The summed E-state index contributed by atoms with van der Waals surface area (Å²) >= 11 is 0. The molecule has 0 radical (unpaired) electrons. The van der Waals surface area contributed by atoms with Crippen LogP contribution in [-0.2, 0) is 4.79 Å². The fraction of sp³-hybridized carbons (Fsp3) is 0.320. The van der Waals surface area contributed by atoms with Crippen LogP contribution in [0.3, 0.4) is 0 Å². The summed E-state index contributed by atoms with van der Waals surface area (Å²) in [5, 5.41) is 10.2. The normalized spacial score (nSPS) is 16.2. The van der Waals surface area contributed by atoms with Gasteiger partial charge in [-0.3, -0.25) is 14.7 Å². The molecule has 1 aromatic heterocycles. The molecule has 31 heavy (non-hydrogen) atoms. The number of hydrogen-bond donors (Lipinski definition) is 2. The third-order valence-electron chi connectivity index (χ3n) is 5.81. The number of carbonyl (C=O) groups is 2. The van der Waals surface area contributed by atoms with E-state index in [0.29, 0.717) is 24.5 Å². The average Bonchev–Trinajstić information content (AvgIpc) is 3.21. The van der Waals surface area contributed by atoms with Crippen molar-refractivity contribution in [1.82, 2.24) is 15.1 Å². The molecule has 2 N–H and O–H groups in total. The molecule has 1 aliphatic heterocycles. The van der Waals surface area contributed by atoms with Crippen LogP contribution >= 0.6 is 0 Å². The number of aryl methyl sites for hydroxylation is 3. The van der Waals surface area contributed by atoms with Crippen LogP contribution in [0.4, 0.5) is 5.82 Å². The summed E-state index contributed by atoms with van der Waals surface area (Å²) in [5.74, 6) is 0.148. The van der Waals surface area contributed by atoms with E-state index in [9.17, 15) is 9.59 Å². The molecular formula is C25H28N4O2. The predicted molar refractivity (Wildman–Crippen MR) is 122 cm³/mol. The van der Waals surface area contributed by atoms with Gasteiger partial charge in [0.05, 0.1) is 11.6 Å². The summed E-state index contributed by atoms with van der Waals surface area (Å²) < 4.78 is 0. The van der Waals surface area contributed by atoms with Gasteiger partial charge in [-0.05, 0) is 51.3 Å². The minimum absolute atomic E-state index is 0.00842. The maximum Gasteiger partial charge on any atom is 0.253 e. The second kappa shape index (κ2) is 8.76. The third-order valence-corrected chi connectivity index (χ3v) is 5.81. The van der Waals surface area contributed by atoms with Crippen LogP contribution in [0, 0.1) is 26.7 Å². The van der Waals surface area contributed by atoms with Gasteiger partial charge in [0.2, 0.25) is 5.91 Å². The fourth-order valence-corrected chi connectivity index (χ4v) is 4.28. The number of nitrogens with zero attached hydrogens (tertiary/aromatic N) is 2. The fourth-order valence-electron chi connectivity index (χ4n) is 4.28. The highest BCUT2D eigenvalue weighted by atomic mass is 16.2. The zero-order chi connectivity index (χ0) is 22.0. The van der Waals surface area contributed by atoms with Crippen molar-refractivity contribution < 1.29 is 9.59 Å². The van der Waals surface area contributed by atoms with Crippen molar-refractivity contribution in [2.75, 3.05) is 18.4 Å². The summed E-state index contributed by atoms with van der Waals surface area (Å²) in [7, 11) is 0. The van der Waals surface area contributed by atoms with Crippen LogP contribution in [0.15, 0.2) is 48.5 Å². The topological polar surface area (TPSA) is 78.1 Å². The number of hydrogen-bond acceptors (Lipinski definition) is 3. The number of aromatic nitrogens is 2. The summed E-state index contributed by atoms with van der Waals surface area (Å²) in [4.78, 5) is 27.7.